The molecule has 0 aliphatic heterocycles. The summed E-state index contributed by atoms with van der Waals surface area (Å²) < 4.78 is 1.34. The number of carbonyl (C=O) groups excluding carboxylic acids is 1. The number of carboxylic acid groups (broad SMARTS) is 1. The molecule has 0 fully saturated rings. The molecule has 2 N–H and O–H groups in total. The Labute approximate surface area is 121 Å². The van der Waals surface area contributed by atoms with E-state index in [0.29, 0.717) is 17.8 Å². The average molecular weight is 288 g/mol. The fourth-order valence-electron chi connectivity index (χ4n) is 1.97. The zero-order chi connectivity index (χ0) is 15.2. The molecule has 1 amide bonds. The van der Waals surface area contributed by atoms with Crippen molar-refractivity contribution in [3.05, 3.63) is 41.7 Å². The Morgan fingerprint density at radius 2 is 2.00 bits per heavy atom. The molecule has 7 heteroatoms. The third-order valence-corrected chi connectivity index (χ3v) is 2.88. The summed E-state index contributed by atoms with van der Waals surface area (Å²) in [5, 5.41) is 19.2. The van der Waals surface area contributed by atoms with E-state index in [1.54, 1.807) is 12.1 Å². The van der Waals surface area contributed by atoms with Gasteiger partial charge in [0.1, 0.15) is 6.54 Å². The van der Waals surface area contributed by atoms with Gasteiger partial charge in [-0.25, -0.2) is 9.48 Å². The second kappa shape index (κ2) is 6.65. The Kier molecular flexibility index (Phi) is 4.65. The summed E-state index contributed by atoms with van der Waals surface area (Å²) >= 11 is 0. The van der Waals surface area contributed by atoms with Gasteiger partial charge < -0.3 is 10.4 Å². The summed E-state index contributed by atoms with van der Waals surface area (Å²) in [6.45, 7) is 1.86. The predicted molar refractivity (Wildman–Crippen MR) is 76.0 cm³/mol. The maximum atomic E-state index is 12.0. The van der Waals surface area contributed by atoms with Crippen molar-refractivity contribution in [1.82, 2.24) is 15.0 Å². The Balaban J connectivity index is 2.12. The summed E-state index contributed by atoms with van der Waals surface area (Å²) in [4.78, 5) is 23.0. The van der Waals surface area contributed by atoms with Crippen LogP contribution in [0.1, 0.15) is 29.5 Å². The molecule has 0 bridgehead atoms. The lowest BCUT2D eigenvalue weighted by Crippen LogP contribution is -2.21. The minimum Gasteiger partial charge on any atom is -0.476 e. The first-order valence-electron chi connectivity index (χ1n) is 6.62. The highest BCUT2D eigenvalue weighted by atomic mass is 16.4. The maximum Gasteiger partial charge on any atom is 0.358 e. The average Bonchev–Trinajstić information content (AvgIpc) is 2.83. The highest BCUT2D eigenvalue weighted by Gasteiger charge is 2.19. The van der Waals surface area contributed by atoms with Gasteiger partial charge in [0.05, 0.1) is 5.69 Å². The maximum absolute atomic E-state index is 12.0. The van der Waals surface area contributed by atoms with Crippen LogP contribution in [0.15, 0.2) is 30.3 Å². The molecule has 1 aromatic heterocycles. The number of anilines is 1. The minimum atomic E-state index is -1.13. The Hall–Kier alpha value is -2.70. The molecule has 0 saturated carbocycles. The van der Waals surface area contributed by atoms with Crippen LogP contribution in [0.5, 0.6) is 0 Å². The summed E-state index contributed by atoms with van der Waals surface area (Å²) in [7, 11) is 0. The molecule has 7 nitrogen and oxygen atoms in total. The number of hydrogen-bond acceptors (Lipinski definition) is 4. The van der Waals surface area contributed by atoms with E-state index in [9.17, 15) is 9.59 Å². The molecular formula is C14H16N4O3. The molecule has 2 rings (SSSR count). The van der Waals surface area contributed by atoms with Gasteiger partial charge in [-0.3, -0.25) is 4.79 Å². The lowest BCUT2D eigenvalue weighted by atomic mass is 10.2. The number of hydrogen-bond donors (Lipinski definition) is 2. The van der Waals surface area contributed by atoms with E-state index < -0.39 is 5.97 Å². The number of para-hydroxylation sites is 1. The first-order valence-corrected chi connectivity index (χ1v) is 6.62. The van der Waals surface area contributed by atoms with Gasteiger partial charge in [-0.15, -0.1) is 5.10 Å². The van der Waals surface area contributed by atoms with Crippen LogP contribution >= 0.6 is 0 Å². The van der Waals surface area contributed by atoms with Gasteiger partial charge in [0, 0.05) is 5.69 Å². The van der Waals surface area contributed by atoms with Gasteiger partial charge in [0.15, 0.2) is 5.69 Å². The highest BCUT2D eigenvalue weighted by Crippen LogP contribution is 2.10. The Morgan fingerprint density at radius 1 is 1.29 bits per heavy atom. The molecule has 1 heterocycles. The smallest absolute Gasteiger partial charge is 0.358 e. The molecule has 21 heavy (non-hydrogen) atoms. The molecule has 0 saturated heterocycles. The molecule has 110 valence electrons. The molecule has 2 aromatic rings. The molecule has 0 atom stereocenters. The van der Waals surface area contributed by atoms with E-state index in [4.69, 9.17) is 5.11 Å². The molecular weight excluding hydrogens is 272 g/mol. The van der Waals surface area contributed by atoms with Crippen molar-refractivity contribution in [2.75, 3.05) is 5.32 Å². The van der Waals surface area contributed by atoms with Gasteiger partial charge in [-0.05, 0) is 18.6 Å². The molecule has 0 aliphatic carbocycles. The van der Waals surface area contributed by atoms with Crippen LogP contribution in [0.2, 0.25) is 0 Å². The number of rotatable bonds is 6. The van der Waals surface area contributed by atoms with E-state index in [2.05, 4.69) is 15.6 Å². The molecule has 0 unspecified atom stereocenters. The third kappa shape index (κ3) is 3.65. The van der Waals surface area contributed by atoms with Crippen molar-refractivity contribution in [2.24, 2.45) is 0 Å². The van der Waals surface area contributed by atoms with Crippen LogP contribution in [-0.4, -0.2) is 32.0 Å². The Bertz CT molecular complexity index is 637. The van der Waals surface area contributed by atoms with Gasteiger partial charge >= 0.3 is 5.97 Å². The van der Waals surface area contributed by atoms with E-state index >= 15 is 0 Å². The van der Waals surface area contributed by atoms with Crippen LogP contribution in [0.3, 0.4) is 0 Å². The topological polar surface area (TPSA) is 97.1 Å². The van der Waals surface area contributed by atoms with E-state index in [1.165, 1.54) is 4.68 Å². The predicted octanol–water partition coefficient (Wildman–Crippen LogP) is 1.57. The lowest BCUT2D eigenvalue weighted by Gasteiger charge is -2.07. The normalized spacial score (nSPS) is 10.3. The van der Waals surface area contributed by atoms with Crippen molar-refractivity contribution in [3.8, 4) is 0 Å². The number of nitrogens with one attached hydrogen (secondary N) is 1. The standard InChI is InChI=1S/C14H16N4O3/c1-2-6-11-13(14(20)21)16-17-18(11)9-12(19)15-10-7-4-3-5-8-10/h3-5,7-8H,2,6,9H2,1H3,(H,15,19)(H,20,21). The number of carbonyl (C=O) groups is 2. The minimum absolute atomic E-state index is 0.0650. The monoisotopic (exact) mass is 288 g/mol. The van der Waals surface area contributed by atoms with Gasteiger partial charge in [-0.1, -0.05) is 36.8 Å². The summed E-state index contributed by atoms with van der Waals surface area (Å²) in [6, 6.07) is 9.03. The summed E-state index contributed by atoms with van der Waals surface area (Å²) in [5.74, 6) is -1.41. The fourth-order valence-corrected chi connectivity index (χ4v) is 1.97. The van der Waals surface area contributed by atoms with Crippen molar-refractivity contribution >= 4 is 17.6 Å². The zero-order valence-corrected chi connectivity index (χ0v) is 11.6. The number of nitrogens with zero attached hydrogens (tertiary/aromatic N) is 3. The number of aromatic carboxylic acids is 1. The number of amides is 1. The van der Waals surface area contributed by atoms with E-state index in [-0.39, 0.29) is 18.1 Å². The van der Waals surface area contributed by atoms with Crippen LogP contribution in [0.25, 0.3) is 0 Å². The van der Waals surface area contributed by atoms with Crippen molar-refractivity contribution in [1.29, 1.82) is 0 Å². The second-order valence-corrected chi connectivity index (χ2v) is 4.51. The third-order valence-electron chi connectivity index (χ3n) is 2.88. The Morgan fingerprint density at radius 3 is 2.62 bits per heavy atom. The molecule has 0 aliphatic rings. The van der Waals surface area contributed by atoms with Crippen LogP contribution in [0.4, 0.5) is 5.69 Å². The van der Waals surface area contributed by atoms with Gasteiger partial charge in [0.2, 0.25) is 5.91 Å². The molecule has 0 spiro atoms. The zero-order valence-electron chi connectivity index (χ0n) is 11.6. The van der Waals surface area contributed by atoms with Crippen molar-refractivity contribution in [3.63, 3.8) is 0 Å². The van der Waals surface area contributed by atoms with Gasteiger partial charge in [0.25, 0.3) is 0 Å². The summed E-state index contributed by atoms with van der Waals surface area (Å²) in [5.41, 5.74) is 1.05. The molecule has 1 aromatic carbocycles. The van der Waals surface area contributed by atoms with Crippen molar-refractivity contribution in [2.45, 2.75) is 26.3 Å². The number of aromatic nitrogens is 3. The van der Waals surface area contributed by atoms with Crippen molar-refractivity contribution < 1.29 is 14.7 Å². The first-order chi connectivity index (χ1) is 10.1. The van der Waals surface area contributed by atoms with E-state index in [0.717, 1.165) is 6.42 Å². The SMILES string of the molecule is CCCc1c(C(=O)O)nnn1CC(=O)Nc1ccccc1. The largest absolute Gasteiger partial charge is 0.476 e. The van der Waals surface area contributed by atoms with Crippen LogP contribution < -0.4 is 5.32 Å². The summed E-state index contributed by atoms with van der Waals surface area (Å²) in [6.07, 6.45) is 1.25. The van der Waals surface area contributed by atoms with Gasteiger partial charge in [-0.2, -0.15) is 0 Å². The van der Waals surface area contributed by atoms with Crippen LogP contribution in [-0.2, 0) is 17.8 Å². The highest BCUT2D eigenvalue weighted by molar-refractivity contribution is 5.91. The second-order valence-electron chi connectivity index (χ2n) is 4.51. The number of benzene rings is 1. The molecule has 0 radical (unpaired) electrons. The number of carboxylic acids is 1. The fraction of sp³-hybridized carbons (Fsp3) is 0.286. The quantitative estimate of drug-likeness (QED) is 0.840. The van der Waals surface area contributed by atoms with Crippen LogP contribution in [0, 0.1) is 0 Å². The lowest BCUT2D eigenvalue weighted by molar-refractivity contribution is -0.117. The van der Waals surface area contributed by atoms with E-state index in [1.807, 2.05) is 25.1 Å². The first kappa shape index (κ1) is 14.7.